The molecule has 2 N–H and O–H groups in total. The van der Waals surface area contributed by atoms with Gasteiger partial charge in [0.05, 0.1) is 6.20 Å². The molecule has 0 aliphatic heterocycles. The van der Waals surface area contributed by atoms with Crippen LogP contribution in [0, 0.1) is 0 Å². The third-order valence-corrected chi connectivity index (χ3v) is 2.63. The summed E-state index contributed by atoms with van der Waals surface area (Å²) in [6.07, 6.45) is 7.86. The molecule has 3 nitrogen and oxygen atoms in total. The lowest BCUT2D eigenvalue weighted by atomic mass is 9.85. The molecule has 1 aromatic rings. The molecule has 1 heterocycles. The molecule has 1 fully saturated rings. The minimum Gasteiger partial charge on any atom is -0.448 e. The standard InChI is InChI=1S/C9H14N2O/c10-8-3-1-7(2-4-8)9-5-11-6-12-9/h5-8H,1-4,10H2. The second-order valence-corrected chi connectivity index (χ2v) is 3.52. The van der Waals surface area contributed by atoms with Crippen LogP contribution in [0.2, 0.25) is 0 Å². The molecule has 0 atom stereocenters. The van der Waals surface area contributed by atoms with Crippen LogP contribution in [-0.2, 0) is 0 Å². The van der Waals surface area contributed by atoms with Crippen LogP contribution >= 0.6 is 0 Å². The van der Waals surface area contributed by atoms with E-state index in [9.17, 15) is 0 Å². The average molecular weight is 166 g/mol. The van der Waals surface area contributed by atoms with E-state index in [2.05, 4.69) is 4.98 Å². The lowest BCUT2D eigenvalue weighted by Crippen LogP contribution is -2.25. The maximum Gasteiger partial charge on any atom is 0.180 e. The number of rotatable bonds is 1. The first-order valence-corrected chi connectivity index (χ1v) is 4.50. The van der Waals surface area contributed by atoms with Crippen LogP contribution in [0.1, 0.15) is 37.4 Å². The van der Waals surface area contributed by atoms with Crippen molar-refractivity contribution in [1.29, 1.82) is 0 Å². The van der Waals surface area contributed by atoms with Gasteiger partial charge in [-0.2, -0.15) is 0 Å². The van der Waals surface area contributed by atoms with Crippen molar-refractivity contribution in [2.75, 3.05) is 0 Å². The quantitative estimate of drug-likeness (QED) is 0.690. The molecular formula is C9H14N2O. The van der Waals surface area contributed by atoms with Crippen molar-refractivity contribution in [3.63, 3.8) is 0 Å². The number of hydrogen-bond donors (Lipinski definition) is 1. The summed E-state index contributed by atoms with van der Waals surface area (Å²) < 4.78 is 5.26. The third kappa shape index (κ3) is 1.50. The van der Waals surface area contributed by atoms with E-state index in [4.69, 9.17) is 10.2 Å². The highest BCUT2D eigenvalue weighted by Gasteiger charge is 2.21. The van der Waals surface area contributed by atoms with Crippen LogP contribution in [0.25, 0.3) is 0 Å². The number of nitrogens with zero attached hydrogens (tertiary/aromatic N) is 1. The summed E-state index contributed by atoms with van der Waals surface area (Å²) in [4.78, 5) is 3.92. The van der Waals surface area contributed by atoms with Gasteiger partial charge < -0.3 is 10.2 Å². The van der Waals surface area contributed by atoms with Gasteiger partial charge in [-0.25, -0.2) is 4.98 Å². The van der Waals surface area contributed by atoms with Gasteiger partial charge in [0, 0.05) is 12.0 Å². The molecule has 2 rings (SSSR count). The van der Waals surface area contributed by atoms with Crippen molar-refractivity contribution in [2.45, 2.75) is 37.6 Å². The second kappa shape index (κ2) is 3.27. The van der Waals surface area contributed by atoms with Crippen LogP contribution in [0.3, 0.4) is 0 Å². The monoisotopic (exact) mass is 166 g/mol. The van der Waals surface area contributed by atoms with Gasteiger partial charge in [-0.15, -0.1) is 0 Å². The van der Waals surface area contributed by atoms with Gasteiger partial charge in [-0.3, -0.25) is 0 Å². The second-order valence-electron chi connectivity index (χ2n) is 3.52. The van der Waals surface area contributed by atoms with Crippen molar-refractivity contribution in [1.82, 2.24) is 4.98 Å². The highest BCUT2D eigenvalue weighted by atomic mass is 16.3. The highest BCUT2D eigenvalue weighted by Crippen LogP contribution is 2.31. The Bertz CT molecular complexity index is 225. The largest absolute Gasteiger partial charge is 0.448 e. The van der Waals surface area contributed by atoms with E-state index in [0.717, 1.165) is 31.4 Å². The summed E-state index contributed by atoms with van der Waals surface area (Å²) in [6, 6.07) is 0.407. The molecule has 66 valence electrons. The van der Waals surface area contributed by atoms with Gasteiger partial charge in [0.2, 0.25) is 0 Å². The van der Waals surface area contributed by atoms with Crippen LogP contribution in [0.5, 0.6) is 0 Å². The Morgan fingerprint density at radius 3 is 2.67 bits per heavy atom. The van der Waals surface area contributed by atoms with E-state index in [1.807, 2.05) is 6.20 Å². The molecule has 1 saturated carbocycles. The van der Waals surface area contributed by atoms with E-state index in [0.29, 0.717) is 12.0 Å². The molecule has 0 spiro atoms. The van der Waals surface area contributed by atoms with Gasteiger partial charge in [0.1, 0.15) is 5.76 Å². The Kier molecular flexibility index (Phi) is 2.13. The van der Waals surface area contributed by atoms with E-state index < -0.39 is 0 Å². The van der Waals surface area contributed by atoms with Crippen molar-refractivity contribution in [3.8, 4) is 0 Å². The molecule has 12 heavy (non-hydrogen) atoms. The molecular weight excluding hydrogens is 152 g/mol. The van der Waals surface area contributed by atoms with E-state index in [1.54, 1.807) is 0 Å². The fraction of sp³-hybridized carbons (Fsp3) is 0.667. The normalized spacial score (nSPS) is 30.4. The van der Waals surface area contributed by atoms with Gasteiger partial charge in [-0.05, 0) is 25.7 Å². The molecule has 1 aliphatic rings. The lowest BCUT2D eigenvalue weighted by molar-refractivity contribution is 0.347. The Balaban J connectivity index is 1.99. The summed E-state index contributed by atoms with van der Waals surface area (Å²) in [5.41, 5.74) is 5.80. The van der Waals surface area contributed by atoms with E-state index >= 15 is 0 Å². The number of oxazole rings is 1. The maximum atomic E-state index is 5.80. The zero-order valence-electron chi connectivity index (χ0n) is 7.07. The third-order valence-electron chi connectivity index (χ3n) is 2.63. The predicted octanol–water partition coefficient (Wildman–Crippen LogP) is 1.66. The number of aromatic nitrogens is 1. The number of hydrogen-bond acceptors (Lipinski definition) is 3. The minimum atomic E-state index is 0.407. The van der Waals surface area contributed by atoms with Crippen molar-refractivity contribution in [3.05, 3.63) is 18.4 Å². The Labute approximate surface area is 72.0 Å². The minimum absolute atomic E-state index is 0.407. The zero-order valence-corrected chi connectivity index (χ0v) is 7.07. The molecule has 0 unspecified atom stereocenters. The van der Waals surface area contributed by atoms with Gasteiger partial charge in [0.15, 0.2) is 6.39 Å². The molecule has 0 aromatic carbocycles. The molecule has 0 amide bonds. The van der Waals surface area contributed by atoms with Crippen LogP contribution in [0.15, 0.2) is 17.0 Å². The van der Waals surface area contributed by atoms with Crippen LogP contribution in [-0.4, -0.2) is 11.0 Å². The molecule has 3 heteroatoms. The Morgan fingerprint density at radius 2 is 2.08 bits per heavy atom. The van der Waals surface area contributed by atoms with Gasteiger partial charge in [0.25, 0.3) is 0 Å². The topological polar surface area (TPSA) is 52.0 Å². The smallest absolute Gasteiger partial charge is 0.180 e. The molecule has 0 saturated heterocycles. The van der Waals surface area contributed by atoms with Gasteiger partial charge in [-0.1, -0.05) is 0 Å². The average Bonchev–Trinajstić information content (AvgIpc) is 2.58. The van der Waals surface area contributed by atoms with Crippen molar-refractivity contribution >= 4 is 0 Å². The summed E-state index contributed by atoms with van der Waals surface area (Å²) in [6.45, 7) is 0. The van der Waals surface area contributed by atoms with Crippen molar-refractivity contribution in [2.24, 2.45) is 5.73 Å². The Morgan fingerprint density at radius 1 is 1.33 bits per heavy atom. The first kappa shape index (κ1) is 7.80. The fourth-order valence-electron chi connectivity index (χ4n) is 1.83. The fourth-order valence-corrected chi connectivity index (χ4v) is 1.83. The molecule has 0 radical (unpaired) electrons. The molecule has 1 aliphatic carbocycles. The predicted molar refractivity (Wildman–Crippen MR) is 45.7 cm³/mol. The summed E-state index contributed by atoms with van der Waals surface area (Å²) in [5.74, 6) is 1.59. The molecule has 0 bridgehead atoms. The summed E-state index contributed by atoms with van der Waals surface area (Å²) >= 11 is 0. The van der Waals surface area contributed by atoms with Gasteiger partial charge >= 0.3 is 0 Å². The lowest BCUT2D eigenvalue weighted by Gasteiger charge is -2.23. The molecule has 1 aromatic heterocycles. The van der Waals surface area contributed by atoms with Crippen molar-refractivity contribution < 1.29 is 4.42 Å². The highest BCUT2D eigenvalue weighted by molar-refractivity contribution is 5.00. The Hall–Kier alpha value is -0.830. The zero-order chi connectivity index (χ0) is 8.39. The SMILES string of the molecule is NC1CCC(c2cnco2)CC1. The van der Waals surface area contributed by atoms with Crippen LogP contribution in [0.4, 0.5) is 0 Å². The summed E-state index contributed by atoms with van der Waals surface area (Å²) in [5, 5.41) is 0. The van der Waals surface area contributed by atoms with E-state index in [1.165, 1.54) is 6.39 Å². The first-order valence-electron chi connectivity index (χ1n) is 4.50. The number of nitrogens with two attached hydrogens (primary N) is 1. The first-order chi connectivity index (χ1) is 5.86. The van der Waals surface area contributed by atoms with E-state index in [-0.39, 0.29) is 0 Å². The summed E-state index contributed by atoms with van der Waals surface area (Å²) in [7, 11) is 0. The maximum absolute atomic E-state index is 5.80. The van der Waals surface area contributed by atoms with Crippen LogP contribution < -0.4 is 5.73 Å².